The summed E-state index contributed by atoms with van der Waals surface area (Å²) in [5, 5.41) is 0. The molecule has 0 bridgehead atoms. The highest BCUT2D eigenvalue weighted by molar-refractivity contribution is 5.86. The van der Waals surface area contributed by atoms with Gasteiger partial charge >= 0.3 is 0 Å². The third-order valence-electron chi connectivity index (χ3n) is 2.26. The molecule has 2 heteroatoms. The third-order valence-corrected chi connectivity index (χ3v) is 2.26. The molecular formula is C11H12N2. The van der Waals surface area contributed by atoms with E-state index in [9.17, 15) is 0 Å². The molecule has 2 nitrogen and oxygen atoms in total. The number of benzene rings is 1. The van der Waals surface area contributed by atoms with Crippen molar-refractivity contribution in [3.05, 3.63) is 35.9 Å². The molecule has 0 saturated heterocycles. The number of aryl methyl sites for hydroxylation is 1. The zero-order chi connectivity index (χ0) is 9.42. The summed E-state index contributed by atoms with van der Waals surface area (Å²) in [7, 11) is 1.96. The van der Waals surface area contributed by atoms with E-state index in [4.69, 9.17) is 0 Å². The first kappa shape index (κ1) is 8.05. The first-order valence-electron chi connectivity index (χ1n) is 4.25. The van der Waals surface area contributed by atoms with Gasteiger partial charge in [-0.1, -0.05) is 18.2 Å². The molecule has 0 unspecified atom stereocenters. The minimum Gasteiger partial charge on any atom is -0.335 e. The van der Waals surface area contributed by atoms with Gasteiger partial charge in [-0.3, -0.25) is 0 Å². The average molecular weight is 172 g/mol. The summed E-state index contributed by atoms with van der Waals surface area (Å²) < 4.78 is 0. The fourth-order valence-electron chi connectivity index (χ4n) is 1.40. The van der Waals surface area contributed by atoms with Gasteiger partial charge in [0, 0.05) is 18.3 Å². The fraction of sp³-hybridized carbons (Fsp3) is 0.182. The summed E-state index contributed by atoms with van der Waals surface area (Å²) in [5.74, 6) is 0. The largest absolute Gasteiger partial charge is 0.335 e. The molecule has 2 rings (SSSR count). The van der Waals surface area contributed by atoms with E-state index in [-0.39, 0.29) is 0 Å². The predicted molar refractivity (Wildman–Crippen MR) is 56.1 cm³/mol. The molecule has 1 aliphatic heterocycles. The number of aliphatic imine (C=N–C) groups is 1. The van der Waals surface area contributed by atoms with E-state index in [1.54, 1.807) is 6.34 Å². The highest BCUT2D eigenvalue weighted by atomic mass is 15.2. The minimum atomic E-state index is 1.01. The Bertz CT molecular complexity index is 391. The minimum absolute atomic E-state index is 1.01. The summed E-state index contributed by atoms with van der Waals surface area (Å²) in [6.07, 6.45) is 1.79. The van der Waals surface area contributed by atoms with Crippen molar-refractivity contribution < 1.29 is 0 Å². The van der Waals surface area contributed by atoms with Crippen LogP contribution in [0.1, 0.15) is 11.1 Å². The van der Waals surface area contributed by atoms with Gasteiger partial charge < -0.3 is 4.90 Å². The van der Waals surface area contributed by atoms with Crippen LogP contribution in [-0.4, -0.2) is 18.3 Å². The van der Waals surface area contributed by atoms with Crippen LogP contribution in [0.4, 0.5) is 5.69 Å². The van der Waals surface area contributed by atoms with Crippen molar-refractivity contribution in [2.45, 2.75) is 6.92 Å². The van der Waals surface area contributed by atoms with Gasteiger partial charge in [0.2, 0.25) is 0 Å². The zero-order valence-electron chi connectivity index (χ0n) is 7.91. The van der Waals surface area contributed by atoms with Crippen LogP contribution in [0.25, 0.3) is 5.70 Å². The number of hydrogen-bond acceptors (Lipinski definition) is 2. The molecule has 0 spiro atoms. The molecule has 0 saturated carbocycles. The second-order valence-corrected chi connectivity index (χ2v) is 3.32. The van der Waals surface area contributed by atoms with Crippen LogP contribution in [0.5, 0.6) is 0 Å². The fourth-order valence-corrected chi connectivity index (χ4v) is 1.40. The van der Waals surface area contributed by atoms with Crippen molar-refractivity contribution >= 4 is 17.7 Å². The van der Waals surface area contributed by atoms with Gasteiger partial charge in [0.25, 0.3) is 0 Å². The van der Waals surface area contributed by atoms with E-state index in [0.717, 1.165) is 16.9 Å². The Labute approximate surface area is 78.2 Å². The van der Waals surface area contributed by atoms with Gasteiger partial charge in [0.1, 0.15) is 0 Å². The van der Waals surface area contributed by atoms with Crippen LogP contribution in [0.3, 0.4) is 0 Å². The highest BCUT2D eigenvalue weighted by Crippen LogP contribution is 2.30. The first-order chi connectivity index (χ1) is 6.18. The smallest absolute Gasteiger partial charge is 0.0954 e. The molecule has 0 aromatic heterocycles. The normalized spacial score (nSPS) is 14.6. The Morgan fingerprint density at radius 2 is 2.15 bits per heavy atom. The monoisotopic (exact) mass is 172 g/mol. The van der Waals surface area contributed by atoms with E-state index in [1.807, 2.05) is 18.0 Å². The molecule has 66 valence electrons. The SMILES string of the molecule is C=C1c2cc(C)ccc2N=CN1C. The van der Waals surface area contributed by atoms with Crippen LogP contribution in [0.2, 0.25) is 0 Å². The lowest BCUT2D eigenvalue weighted by Gasteiger charge is -2.22. The van der Waals surface area contributed by atoms with E-state index >= 15 is 0 Å². The van der Waals surface area contributed by atoms with E-state index < -0.39 is 0 Å². The molecule has 0 atom stereocenters. The van der Waals surface area contributed by atoms with Crippen LogP contribution in [0, 0.1) is 6.92 Å². The molecular weight excluding hydrogens is 160 g/mol. The molecule has 0 N–H and O–H groups in total. The Morgan fingerprint density at radius 3 is 2.92 bits per heavy atom. The molecule has 1 aromatic rings. The summed E-state index contributed by atoms with van der Waals surface area (Å²) >= 11 is 0. The third kappa shape index (κ3) is 1.24. The molecule has 1 aliphatic rings. The van der Waals surface area contributed by atoms with Gasteiger partial charge in [0.05, 0.1) is 12.0 Å². The van der Waals surface area contributed by atoms with Gasteiger partial charge in [-0.25, -0.2) is 4.99 Å². The predicted octanol–water partition coefficient (Wildman–Crippen LogP) is 2.57. The maximum atomic E-state index is 4.31. The van der Waals surface area contributed by atoms with Gasteiger partial charge in [-0.05, 0) is 19.1 Å². The maximum absolute atomic E-state index is 4.31. The number of fused-ring (bicyclic) bond motifs is 1. The zero-order valence-corrected chi connectivity index (χ0v) is 7.91. The topological polar surface area (TPSA) is 15.6 Å². The Kier molecular flexibility index (Phi) is 1.69. The summed E-state index contributed by atoms with van der Waals surface area (Å²) in [5.41, 5.74) is 4.39. The standard InChI is InChI=1S/C11H12N2/c1-8-4-5-11-10(6-8)9(2)13(3)7-12-11/h4-7H,2H2,1,3H3. The molecule has 13 heavy (non-hydrogen) atoms. The lowest BCUT2D eigenvalue weighted by Crippen LogP contribution is -2.16. The van der Waals surface area contributed by atoms with E-state index in [2.05, 4.69) is 30.6 Å². The van der Waals surface area contributed by atoms with Gasteiger partial charge in [0.15, 0.2) is 0 Å². The first-order valence-corrected chi connectivity index (χ1v) is 4.25. The van der Waals surface area contributed by atoms with Crippen molar-refractivity contribution in [1.82, 2.24) is 4.90 Å². The van der Waals surface area contributed by atoms with Crippen molar-refractivity contribution in [3.8, 4) is 0 Å². The summed E-state index contributed by atoms with van der Waals surface area (Å²) in [4.78, 5) is 6.24. The lowest BCUT2D eigenvalue weighted by atomic mass is 10.1. The summed E-state index contributed by atoms with van der Waals surface area (Å²) in [6, 6.07) is 6.21. The Hall–Kier alpha value is -1.57. The Balaban J connectivity index is 2.60. The van der Waals surface area contributed by atoms with E-state index in [0.29, 0.717) is 0 Å². The van der Waals surface area contributed by atoms with Crippen molar-refractivity contribution in [3.63, 3.8) is 0 Å². The second-order valence-electron chi connectivity index (χ2n) is 3.32. The quantitative estimate of drug-likeness (QED) is 0.587. The van der Waals surface area contributed by atoms with Gasteiger partial charge in [-0.15, -0.1) is 0 Å². The van der Waals surface area contributed by atoms with Crippen LogP contribution in [-0.2, 0) is 0 Å². The van der Waals surface area contributed by atoms with Crippen molar-refractivity contribution in [2.75, 3.05) is 7.05 Å². The Morgan fingerprint density at radius 1 is 1.38 bits per heavy atom. The number of hydrogen-bond donors (Lipinski definition) is 0. The maximum Gasteiger partial charge on any atom is 0.0954 e. The molecule has 0 fully saturated rings. The number of rotatable bonds is 0. The lowest BCUT2D eigenvalue weighted by molar-refractivity contribution is 0.736. The summed E-state index contributed by atoms with van der Waals surface area (Å²) in [6.45, 7) is 6.09. The molecule has 0 radical (unpaired) electrons. The highest BCUT2D eigenvalue weighted by Gasteiger charge is 2.12. The van der Waals surface area contributed by atoms with Crippen LogP contribution in [0.15, 0.2) is 29.8 Å². The number of nitrogens with zero attached hydrogens (tertiary/aromatic N) is 2. The van der Waals surface area contributed by atoms with Crippen LogP contribution < -0.4 is 0 Å². The van der Waals surface area contributed by atoms with E-state index in [1.165, 1.54) is 5.56 Å². The molecule has 1 heterocycles. The van der Waals surface area contributed by atoms with Crippen molar-refractivity contribution in [2.24, 2.45) is 4.99 Å². The van der Waals surface area contributed by atoms with Crippen LogP contribution >= 0.6 is 0 Å². The van der Waals surface area contributed by atoms with Gasteiger partial charge in [-0.2, -0.15) is 0 Å². The molecule has 0 amide bonds. The second kappa shape index (κ2) is 2.73. The molecule has 1 aromatic carbocycles. The average Bonchev–Trinajstić information content (AvgIpc) is 2.12. The van der Waals surface area contributed by atoms with Crippen molar-refractivity contribution in [1.29, 1.82) is 0 Å². The molecule has 0 aliphatic carbocycles.